The van der Waals surface area contributed by atoms with Crippen molar-refractivity contribution in [2.24, 2.45) is 0 Å². The molecule has 0 saturated carbocycles. The number of halogens is 1. The number of nitro benzene ring substituents is 1. The summed E-state index contributed by atoms with van der Waals surface area (Å²) in [6, 6.07) is 5.00. The molecule has 0 aliphatic rings. The highest BCUT2D eigenvalue weighted by Gasteiger charge is 2.17. The van der Waals surface area contributed by atoms with Crippen LogP contribution in [0.15, 0.2) is 18.2 Å². The average Bonchev–Trinajstić information content (AvgIpc) is 2.43. The minimum absolute atomic E-state index is 0.00727. The van der Waals surface area contributed by atoms with Gasteiger partial charge in [-0.3, -0.25) is 10.1 Å². The summed E-state index contributed by atoms with van der Waals surface area (Å²) in [6.45, 7) is 3.38. The molecule has 0 atom stereocenters. The summed E-state index contributed by atoms with van der Waals surface area (Å²) in [7, 11) is 0. The fourth-order valence-corrected chi connectivity index (χ4v) is 1.60. The van der Waals surface area contributed by atoms with Gasteiger partial charge in [-0.05, 0) is 25.5 Å². The molecule has 2 aromatic rings. The van der Waals surface area contributed by atoms with Crippen molar-refractivity contribution in [3.05, 3.63) is 51.0 Å². The van der Waals surface area contributed by atoms with E-state index in [4.69, 9.17) is 10.00 Å². The molecule has 1 heterocycles. The van der Waals surface area contributed by atoms with Crippen LogP contribution in [0.4, 0.5) is 10.1 Å². The molecular formula is C13H9FN4O3. The molecule has 0 saturated heterocycles. The van der Waals surface area contributed by atoms with Crippen LogP contribution in [0.25, 0.3) is 0 Å². The molecule has 0 radical (unpaired) electrons. The summed E-state index contributed by atoms with van der Waals surface area (Å²) in [5.41, 5.74) is 0.703. The summed E-state index contributed by atoms with van der Waals surface area (Å²) in [4.78, 5) is 9.70. The lowest BCUT2D eigenvalue weighted by atomic mass is 10.1. The van der Waals surface area contributed by atoms with Crippen LogP contribution in [0, 0.1) is 41.1 Å². The third-order valence-electron chi connectivity index (χ3n) is 2.86. The third-order valence-corrected chi connectivity index (χ3v) is 2.86. The van der Waals surface area contributed by atoms with Gasteiger partial charge in [0.2, 0.25) is 5.82 Å². The van der Waals surface area contributed by atoms with Gasteiger partial charge in [0.05, 0.1) is 10.6 Å². The fraction of sp³-hybridized carbons (Fsp3) is 0.154. The summed E-state index contributed by atoms with van der Waals surface area (Å²) in [5, 5.41) is 27.2. The van der Waals surface area contributed by atoms with Crippen LogP contribution < -0.4 is 4.74 Å². The van der Waals surface area contributed by atoms with E-state index >= 15 is 0 Å². The van der Waals surface area contributed by atoms with Crippen LogP contribution in [-0.4, -0.2) is 15.1 Å². The minimum atomic E-state index is -1.03. The minimum Gasteiger partial charge on any atom is -0.436 e. The number of hydrogen-bond donors (Lipinski definition) is 0. The van der Waals surface area contributed by atoms with Gasteiger partial charge in [-0.1, -0.05) is 0 Å². The fourth-order valence-electron chi connectivity index (χ4n) is 1.60. The van der Waals surface area contributed by atoms with E-state index in [1.165, 1.54) is 6.07 Å². The largest absolute Gasteiger partial charge is 0.436 e. The zero-order chi connectivity index (χ0) is 15.6. The molecule has 0 aliphatic carbocycles. The third kappa shape index (κ3) is 2.76. The standard InChI is InChI=1S/C13H9FN4O3/c1-7-8(2)16-17-13(10(7)6-15)21-9-3-4-12(18(19)20)11(14)5-9/h3-5H,1-2H3. The van der Waals surface area contributed by atoms with Gasteiger partial charge in [0.25, 0.3) is 5.88 Å². The number of nitro groups is 1. The lowest BCUT2D eigenvalue weighted by molar-refractivity contribution is -0.387. The van der Waals surface area contributed by atoms with Crippen LogP contribution in [0.5, 0.6) is 11.6 Å². The molecule has 1 aromatic heterocycles. The number of benzene rings is 1. The molecule has 0 fully saturated rings. The summed E-state index contributed by atoms with van der Waals surface area (Å²) >= 11 is 0. The first-order valence-electron chi connectivity index (χ1n) is 5.79. The normalized spacial score (nSPS) is 10.0. The Hall–Kier alpha value is -3.08. The molecule has 1 aromatic carbocycles. The number of nitriles is 1. The lowest BCUT2D eigenvalue weighted by Crippen LogP contribution is -2.01. The first-order chi connectivity index (χ1) is 9.93. The van der Waals surface area contributed by atoms with Crippen molar-refractivity contribution in [2.75, 3.05) is 0 Å². The molecular weight excluding hydrogens is 279 g/mol. The number of aryl methyl sites for hydroxylation is 1. The van der Waals surface area contributed by atoms with Gasteiger partial charge >= 0.3 is 5.69 Å². The summed E-state index contributed by atoms with van der Waals surface area (Å²) in [5.74, 6) is -1.12. The lowest BCUT2D eigenvalue weighted by Gasteiger charge is -2.08. The van der Waals surface area contributed by atoms with Crippen LogP contribution in [0.3, 0.4) is 0 Å². The predicted octanol–water partition coefficient (Wildman–Crippen LogP) is 2.80. The zero-order valence-corrected chi connectivity index (χ0v) is 11.1. The Labute approximate surface area is 118 Å². The Morgan fingerprint density at radius 2 is 2.10 bits per heavy atom. The maximum absolute atomic E-state index is 13.5. The van der Waals surface area contributed by atoms with E-state index in [1.807, 2.05) is 6.07 Å². The van der Waals surface area contributed by atoms with Crippen molar-refractivity contribution in [1.82, 2.24) is 10.2 Å². The van der Waals surface area contributed by atoms with Crippen LogP contribution >= 0.6 is 0 Å². The van der Waals surface area contributed by atoms with Crippen LogP contribution in [-0.2, 0) is 0 Å². The Kier molecular flexibility index (Phi) is 3.75. The van der Waals surface area contributed by atoms with Gasteiger partial charge in [0.1, 0.15) is 17.4 Å². The van der Waals surface area contributed by atoms with Gasteiger partial charge < -0.3 is 4.74 Å². The van der Waals surface area contributed by atoms with E-state index in [9.17, 15) is 14.5 Å². The van der Waals surface area contributed by atoms with E-state index in [2.05, 4.69) is 10.2 Å². The maximum atomic E-state index is 13.5. The Bertz CT molecular complexity index is 771. The highest BCUT2D eigenvalue weighted by Crippen LogP contribution is 2.28. The first kappa shape index (κ1) is 14.3. The number of aromatic nitrogens is 2. The summed E-state index contributed by atoms with van der Waals surface area (Å²) < 4.78 is 18.8. The van der Waals surface area contributed by atoms with Crippen molar-refractivity contribution >= 4 is 5.69 Å². The van der Waals surface area contributed by atoms with Gasteiger partial charge in [-0.15, -0.1) is 5.10 Å². The SMILES string of the molecule is Cc1nnc(Oc2ccc([N+](=O)[O-])c(F)c2)c(C#N)c1C. The number of rotatable bonds is 3. The molecule has 0 amide bonds. The van der Waals surface area contributed by atoms with Crippen molar-refractivity contribution in [3.63, 3.8) is 0 Å². The molecule has 0 bridgehead atoms. The molecule has 106 valence electrons. The topological polar surface area (TPSA) is 102 Å². The van der Waals surface area contributed by atoms with Gasteiger partial charge in [0.15, 0.2) is 0 Å². The highest BCUT2D eigenvalue weighted by molar-refractivity contribution is 5.47. The molecule has 0 aliphatic heterocycles. The molecule has 0 spiro atoms. The summed E-state index contributed by atoms with van der Waals surface area (Å²) in [6.07, 6.45) is 0. The second-order valence-corrected chi connectivity index (χ2v) is 4.17. The molecule has 2 rings (SSSR count). The number of hydrogen-bond acceptors (Lipinski definition) is 6. The molecule has 8 heteroatoms. The first-order valence-corrected chi connectivity index (χ1v) is 5.79. The van der Waals surface area contributed by atoms with Gasteiger partial charge in [0, 0.05) is 12.1 Å². The Morgan fingerprint density at radius 3 is 2.67 bits per heavy atom. The number of nitrogens with zero attached hydrogens (tertiary/aromatic N) is 4. The van der Waals surface area contributed by atoms with E-state index in [-0.39, 0.29) is 17.2 Å². The second-order valence-electron chi connectivity index (χ2n) is 4.17. The average molecular weight is 288 g/mol. The predicted molar refractivity (Wildman–Crippen MR) is 69.3 cm³/mol. The van der Waals surface area contributed by atoms with Gasteiger partial charge in [-0.2, -0.15) is 14.8 Å². The maximum Gasteiger partial charge on any atom is 0.305 e. The highest BCUT2D eigenvalue weighted by atomic mass is 19.1. The smallest absolute Gasteiger partial charge is 0.305 e. The van der Waals surface area contributed by atoms with E-state index < -0.39 is 16.4 Å². The van der Waals surface area contributed by atoms with Crippen molar-refractivity contribution < 1.29 is 14.1 Å². The monoisotopic (exact) mass is 288 g/mol. The Balaban J connectivity index is 2.40. The molecule has 7 nitrogen and oxygen atoms in total. The second kappa shape index (κ2) is 5.50. The van der Waals surface area contributed by atoms with Crippen LogP contribution in [0.2, 0.25) is 0 Å². The molecule has 0 N–H and O–H groups in total. The molecule has 0 unspecified atom stereocenters. The van der Waals surface area contributed by atoms with E-state index in [0.717, 1.165) is 12.1 Å². The van der Waals surface area contributed by atoms with Crippen LogP contribution in [0.1, 0.15) is 16.8 Å². The molecule has 21 heavy (non-hydrogen) atoms. The zero-order valence-electron chi connectivity index (χ0n) is 11.1. The van der Waals surface area contributed by atoms with Crippen molar-refractivity contribution in [3.8, 4) is 17.7 Å². The van der Waals surface area contributed by atoms with Crippen molar-refractivity contribution in [1.29, 1.82) is 5.26 Å². The van der Waals surface area contributed by atoms with Gasteiger partial charge in [-0.25, -0.2) is 0 Å². The quantitative estimate of drug-likeness (QED) is 0.635. The Morgan fingerprint density at radius 1 is 1.38 bits per heavy atom. The number of ether oxygens (including phenoxy) is 1. The van der Waals surface area contributed by atoms with Crippen molar-refractivity contribution in [2.45, 2.75) is 13.8 Å². The van der Waals surface area contributed by atoms with E-state index in [1.54, 1.807) is 13.8 Å². The van der Waals surface area contributed by atoms with E-state index in [0.29, 0.717) is 11.3 Å².